The number of nitrogens with one attached hydrogen (secondary N) is 1. The molecule has 0 radical (unpaired) electrons. The van der Waals surface area contributed by atoms with Crippen molar-refractivity contribution in [3.63, 3.8) is 0 Å². The SMILES string of the molecule is CCC(=O)NC1CCN(c2cnc(-c3ccc(C(F)(F)F)cc3)c(-c3cccnc3C)n2)CC1. The Kier molecular flexibility index (Phi) is 6.81. The number of anilines is 1. The van der Waals surface area contributed by atoms with Crippen LogP contribution in [0.3, 0.4) is 0 Å². The zero-order chi connectivity index (χ0) is 24.3. The van der Waals surface area contributed by atoms with Gasteiger partial charge in [-0.1, -0.05) is 19.1 Å². The zero-order valence-corrected chi connectivity index (χ0v) is 19.1. The topological polar surface area (TPSA) is 71.0 Å². The summed E-state index contributed by atoms with van der Waals surface area (Å²) in [6, 6.07) is 8.78. The van der Waals surface area contributed by atoms with Gasteiger partial charge in [-0.05, 0) is 44.0 Å². The number of aromatic nitrogens is 3. The number of amides is 1. The maximum atomic E-state index is 13.0. The average Bonchev–Trinajstić information content (AvgIpc) is 2.84. The van der Waals surface area contributed by atoms with Crippen LogP contribution in [0.25, 0.3) is 22.5 Å². The Hall–Kier alpha value is -3.49. The molecule has 2 aromatic heterocycles. The number of hydrogen-bond donors (Lipinski definition) is 1. The number of benzene rings is 1. The zero-order valence-electron chi connectivity index (χ0n) is 19.1. The van der Waals surface area contributed by atoms with E-state index in [0.717, 1.165) is 36.2 Å². The fraction of sp³-hybridized carbons (Fsp3) is 0.360. The molecule has 9 heteroatoms. The molecule has 0 aliphatic carbocycles. The van der Waals surface area contributed by atoms with Gasteiger partial charge in [-0.2, -0.15) is 13.2 Å². The fourth-order valence-electron chi connectivity index (χ4n) is 4.07. The predicted molar refractivity (Wildman–Crippen MR) is 124 cm³/mol. The van der Waals surface area contributed by atoms with Crippen molar-refractivity contribution in [2.24, 2.45) is 0 Å². The van der Waals surface area contributed by atoms with E-state index in [-0.39, 0.29) is 11.9 Å². The maximum absolute atomic E-state index is 13.0. The van der Waals surface area contributed by atoms with Gasteiger partial charge < -0.3 is 10.2 Å². The van der Waals surface area contributed by atoms with Crippen LogP contribution in [0.4, 0.5) is 19.0 Å². The molecule has 1 N–H and O–H groups in total. The van der Waals surface area contributed by atoms with Crippen molar-refractivity contribution in [3.8, 4) is 22.5 Å². The van der Waals surface area contributed by atoms with E-state index in [4.69, 9.17) is 4.98 Å². The van der Waals surface area contributed by atoms with Crippen LogP contribution in [0.15, 0.2) is 48.8 Å². The second-order valence-electron chi connectivity index (χ2n) is 8.32. The molecule has 34 heavy (non-hydrogen) atoms. The van der Waals surface area contributed by atoms with E-state index in [1.54, 1.807) is 18.5 Å². The molecule has 1 saturated heterocycles. The Morgan fingerprint density at radius 2 is 1.79 bits per heavy atom. The number of piperidine rings is 1. The van der Waals surface area contributed by atoms with Gasteiger partial charge >= 0.3 is 6.18 Å². The molecule has 3 heterocycles. The number of pyridine rings is 1. The van der Waals surface area contributed by atoms with E-state index in [2.05, 4.69) is 20.2 Å². The third-order valence-electron chi connectivity index (χ3n) is 6.01. The molecule has 1 fully saturated rings. The predicted octanol–water partition coefficient (Wildman–Crippen LogP) is 5.03. The lowest BCUT2D eigenvalue weighted by molar-refractivity contribution is -0.137. The summed E-state index contributed by atoms with van der Waals surface area (Å²) >= 11 is 0. The van der Waals surface area contributed by atoms with E-state index < -0.39 is 11.7 Å². The molecule has 3 aromatic rings. The van der Waals surface area contributed by atoms with Gasteiger partial charge in [0.05, 0.1) is 17.5 Å². The molecule has 0 atom stereocenters. The number of halogens is 3. The molecule has 1 aliphatic heterocycles. The van der Waals surface area contributed by atoms with Crippen molar-refractivity contribution in [2.75, 3.05) is 18.0 Å². The van der Waals surface area contributed by atoms with Crippen molar-refractivity contribution in [2.45, 2.75) is 45.3 Å². The Bertz CT molecular complexity index is 1160. The lowest BCUT2D eigenvalue weighted by Gasteiger charge is -2.33. The van der Waals surface area contributed by atoms with Gasteiger partial charge in [0, 0.05) is 48.6 Å². The Balaban J connectivity index is 1.66. The summed E-state index contributed by atoms with van der Waals surface area (Å²) in [5, 5.41) is 3.04. The van der Waals surface area contributed by atoms with Gasteiger partial charge in [-0.15, -0.1) is 0 Å². The maximum Gasteiger partial charge on any atom is 0.416 e. The summed E-state index contributed by atoms with van der Waals surface area (Å²) in [6.07, 6.45) is 1.01. The number of rotatable bonds is 5. The second-order valence-corrected chi connectivity index (χ2v) is 8.32. The Labute approximate surface area is 196 Å². The number of carbonyl (C=O) groups excluding carboxylic acids is 1. The van der Waals surface area contributed by atoms with E-state index in [0.29, 0.717) is 42.3 Å². The molecule has 0 saturated carbocycles. The number of hydrogen-bond acceptors (Lipinski definition) is 5. The Morgan fingerprint density at radius 3 is 2.41 bits per heavy atom. The fourth-order valence-corrected chi connectivity index (χ4v) is 4.07. The van der Waals surface area contributed by atoms with Gasteiger partial charge in [-0.3, -0.25) is 14.8 Å². The second kappa shape index (κ2) is 9.79. The standard InChI is InChI=1S/C25H26F3N5O/c1-3-22(34)31-19-10-13-33(14-11-19)21-15-30-23(17-6-8-18(9-7-17)25(26,27)28)24(32-21)20-5-4-12-29-16(20)2/h4-9,12,15,19H,3,10-11,13-14H2,1-2H3,(H,31,34). The first kappa shape index (κ1) is 23.7. The summed E-state index contributed by atoms with van der Waals surface area (Å²) in [7, 11) is 0. The first-order valence-electron chi connectivity index (χ1n) is 11.3. The van der Waals surface area contributed by atoms with E-state index in [1.165, 1.54) is 12.1 Å². The summed E-state index contributed by atoms with van der Waals surface area (Å²) in [5.41, 5.74) is 2.44. The molecule has 0 unspecified atom stereocenters. The van der Waals surface area contributed by atoms with Crippen molar-refractivity contribution < 1.29 is 18.0 Å². The third kappa shape index (κ3) is 5.18. The minimum absolute atomic E-state index is 0.0495. The lowest BCUT2D eigenvalue weighted by Crippen LogP contribution is -2.44. The summed E-state index contributed by atoms with van der Waals surface area (Å²) in [6.45, 7) is 5.13. The molecule has 178 valence electrons. The minimum Gasteiger partial charge on any atom is -0.355 e. The van der Waals surface area contributed by atoms with Crippen LogP contribution in [0.1, 0.15) is 37.4 Å². The van der Waals surface area contributed by atoms with Gasteiger partial charge in [0.25, 0.3) is 0 Å². The smallest absolute Gasteiger partial charge is 0.355 e. The van der Waals surface area contributed by atoms with Gasteiger partial charge in [0.1, 0.15) is 11.5 Å². The molecular formula is C25H26F3N5O. The van der Waals surface area contributed by atoms with Crippen LogP contribution in [0.2, 0.25) is 0 Å². The Morgan fingerprint density at radius 1 is 1.09 bits per heavy atom. The van der Waals surface area contributed by atoms with Crippen LogP contribution in [-0.2, 0) is 11.0 Å². The molecule has 0 bridgehead atoms. The number of carbonyl (C=O) groups is 1. The third-order valence-corrected chi connectivity index (χ3v) is 6.01. The van der Waals surface area contributed by atoms with Crippen LogP contribution < -0.4 is 10.2 Å². The molecule has 1 aliphatic rings. The minimum atomic E-state index is -4.40. The highest BCUT2D eigenvalue weighted by Gasteiger charge is 2.30. The van der Waals surface area contributed by atoms with Crippen LogP contribution >= 0.6 is 0 Å². The summed E-state index contributed by atoms with van der Waals surface area (Å²) in [4.78, 5) is 27.7. The quantitative estimate of drug-likeness (QED) is 0.568. The summed E-state index contributed by atoms with van der Waals surface area (Å²) < 4.78 is 39.1. The normalized spacial score (nSPS) is 14.8. The van der Waals surface area contributed by atoms with Gasteiger partial charge in [0.2, 0.25) is 5.91 Å². The molecule has 0 spiro atoms. The van der Waals surface area contributed by atoms with Crippen molar-refractivity contribution >= 4 is 11.7 Å². The highest BCUT2D eigenvalue weighted by Crippen LogP contribution is 2.35. The van der Waals surface area contributed by atoms with Gasteiger partial charge in [-0.25, -0.2) is 4.98 Å². The number of alkyl halides is 3. The lowest BCUT2D eigenvalue weighted by atomic mass is 10.0. The highest BCUT2D eigenvalue weighted by molar-refractivity contribution is 5.80. The van der Waals surface area contributed by atoms with E-state index in [1.807, 2.05) is 19.9 Å². The first-order valence-corrected chi connectivity index (χ1v) is 11.3. The van der Waals surface area contributed by atoms with Crippen molar-refractivity contribution in [1.29, 1.82) is 0 Å². The molecule has 6 nitrogen and oxygen atoms in total. The van der Waals surface area contributed by atoms with Crippen molar-refractivity contribution in [1.82, 2.24) is 20.3 Å². The van der Waals surface area contributed by atoms with Crippen molar-refractivity contribution in [3.05, 3.63) is 60.0 Å². The molecule has 1 aromatic carbocycles. The number of nitrogens with zero attached hydrogens (tertiary/aromatic N) is 4. The van der Waals surface area contributed by atoms with Crippen LogP contribution in [-0.4, -0.2) is 40.0 Å². The highest BCUT2D eigenvalue weighted by atomic mass is 19.4. The van der Waals surface area contributed by atoms with Crippen LogP contribution in [0, 0.1) is 6.92 Å². The average molecular weight is 470 g/mol. The molecule has 4 rings (SSSR count). The largest absolute Gasteiger partial charge is 0.416 e. The van der Waals surface area contributed by atoms with E-state index in [9.17, 15) is 18.0 Å². The van der Waals surface area contributed by atoms with E-state index >= 15 is 0 Å². The monoisotopic (exact) mass is 469 g/mol. The first-order chi connectivity index (χ1) is 16.3. The van der Waals surface area contributed by atoms with Gasteiger partial charge in [0.15, 0.2) is 0 Å². The molecular weight excluding hydrogens is 443 g/mol. The summed E-state index contributed by atoms with van der Waals surface area (Å²) in [5.74, 6) is 0.739. The molecule has 1 amide bonds. The van der Waals surface area contributed by atoms with Crippen LogP contribution in [0.5, 0.6) is 0 Å². The number of aryl methyl sites for hydroxylation is 1.